The van der Waals surface area contributed by atoms with Gasteiger partial charge in [0.15, 0.2) is 0 Å². The second kappa shape index (κ2) is 29.1. The minimum absolute atomic E-state index is 0.0233. The van der Waals surface area contributed by atoms with E-state index in [9.17, 15) is 28.8 Å². The Morgan fingerprint density at radius 2 is 1.01 bits per heavy atom. The minimum Gasteiger partial charge on any atom is -0.463 e. The van der Waals surface area contributed by atoms with Crippen molar-refractivity contribution >= 4 is 107 Å². The Balaban J connectivity index is 0.938. The molecule has 81 heavy (non-hydrogen) atoms. The van der Waals surface area contributed by atoms with E-state index in [1.54, 1.807) is 41.4 Å². The number of esters is 4. The zero-order chi connectivity index (χ0) is 56.9. The molecular formula is C60H51ClN4O14S2. The number of anilines is 2. The van der Waals surface area contributed by atoms with Crippen molar-refractivity contribution in [1.82, 2.24) is 9.97 Å². The monoisotopic (exact) mass is 1150 g/mol. The quantitative estimate of drug-likeness (QED) is 0.00719. The van der Waals surface area contributed by atoms with Gasteiger partial charge in [-0.15, -0.1) is 0 Å². The molecule has 2 heterocycles. The van der Waals surface area contributed by atoms with Crippen molar-refractivity contribution in [2.45, 2.75) is 44.9 Å². The van der Waals surface area contributed by atoms with Crippen molar-refractivity contribution in [2.75, 3.05) is 31.4 Å². The number of hydrogen-bond acceptors (Lipinski definition) is 20. The Kier molecular flexibility index (Phi) is 20.8. The molecule has 21 heteroatoms. The van der Waals surface area contributed by atoms with Gasteiger partial charge in [0, 0.05) is 35.8 Å². The largest absolute Gasteiger partial charge is 0.513 e. The van der Waals surface area contributed by atoms with Crippen molar-refractivity contribution in [2.24, 2.45) is 5.10 Å². The van der Waals surface area contributed by atoms with Crippen LogP contribution in [0.25, 0.3) is 31.6 Å². The molecule has 0 aliphatic rings. The molecule has 0 atom stereocenters. The molecule has 0 spiro atoms. The van der Waals surface area contributed by atoms with Gasteiger partial charge in [0.25, 0.3) is 0 Å². The Labute approximate surface area is 477 Å². The number of nitrogens with zero attached hydrogens (tertiary/aromatic N) is 4. The molecule has 0 bridgehead atoms. The van der Waals surface area contributed by atoms with Crippen molar-refractivity contribution in [1.29, 1.82) is 0 Å². The normalized spacial score (nSPS) is 10.9. The fraction of sp³-hybridized carbons (Fsp3) is 0.183. The summed E-state index contributed by atoms with van der Waals surface area (Å²) >= 11 is 9.55. The van der Waals surface area contributed by atoms with Crippen LogP contribution < -0.4 is 24.0 Å². The van der Waals surface area contributed by atoms with E-state index in [0.717, 1.165) is 64.7 Å². The fourth-order valence-corrected chi connectivity index (χ4v) is 9.74. The number of hydrazone groups is 1. The third kappa shape index (κ3) is 16.9. The van der Waals surface area contributed by atoms with Gasteiger partial charge < -0.3 is 37.9 Å². The number of benzene rings is 6. The number of thiazole rings is 2. The molecule has 0 unspecified atom stereocenters. The van der Waals surface area contributed by atoms with Gasteiger partial charge in [-0.2, -0.15) is 10.1 Å². The molecule has 0 N–H and O–H groups in total. The number of rotatable bonds is 26. The summed E-state index contributed by atoms with van der Waals surface area (Å²) in [6.07, 6.45) is 7.21. The molecule has 0 saturated carbocycles. The average molecular weight is 1150 g/mol. The van der Waals surface area contributed by atoms with Crippen molar-refractivity contribution in [3.63, 3.8) is 0 Å². The summed E-state index contributed by atoms with van der Waals surface area (Å²) in [6, 6.07) is 36.6. The molecular weight excluding hydrogens is 1100 g/mol. The first-order valence-corrected chi connectivity index (χ1v) is 27.4. The zero-order valence-corrected chi connectivity index (χ0v) is 45.7. The van der Waals surface area contributed by atoms with Gasteiger partial charge in [-0.1, -0.05) is 110 Å². The Morgan fingerprint density at radius 3 is 1.58 bits per heavy atom. The van der Waals surface area contributed by atoms with Gasteiger partial charge >= 0.3 is 36.2 Å². The van der Waals surface area contributed by atoms with Crippen LogP contribution in [0.5, 0.6) is 23.0 Å². The summed E-state index contributed by atoms with van der Waals surface area (Å²) < 4.78 is 44.2. The number of aromatic nitrogens is 2. The van der Waals surface area contributed by atoms with Crippen LogP contribution in [0.15, 0.2) is 164 Å². The van der Waals surface area contributed by atoms with Gasteiger partial charge in [-0.3, -0.25) is 0 Å². The second-order valence-corrected chi connectivity index (χ2v) is 19.8. The van der Waals surface area contributed by atoms with E-state index < -0.39 is 36.2 Å². The van der Waals surface area contributed by atoms with Crippen LogP contribution >= 0.6 is 34.3 Å². The summed E-state index contributed by atoms with van der Waals surface area (Å²) in [5.74, 6) is -2.04. The maximum absolute atomic E-state index is 13.9. The highest BCUT2D eigenvalue weighted by atomic mass is 35.5. The van der Waals surface area contributed by atoms with Crippen LogP contribution in [-0.4, -0.2) is 78.8 Å². The molecule has 0 saturated heterocycles. The highest BCUT2D eigenvalue weighted by molar-refractivity contribution is 7.24. The smallest absolute Gasteiger partial charge is 0.463 e. The molecule has 18 nitrogen and oxygen atoms in total. The molecule has 0 aliphatic heterocycles. The summed E-state index contributed by atoms with van der Waals surface area (Å²) in [5, 5.41) is 7.70. The minimum atomic E-state index is -1.00. The summed E-state index contributed by atoms with van der Waals surface area (Å²) in [6.45, 7) is 7.23. The van der Waals surface area contributed by atoms with Gasteiger partial charge in [0.2, 0.25) is 10.3 Å². The van der Waals surface area contributed by atoms with Crippen molar-refractivity contribution in [3.05, 3.63) is 180 Å². The van der Waals surface area contributed by atoms with Crippen LogP contribution in [-0.2, 0) is 28.5 Å². The number of hydrogen-bond donors (Lipinski definition) is 0. The SMILES string of the molecule is C=CC(=O)OCCCCCCCCOC(=O)Oc1ccc(-c2ccc(OC(=O)c3ccc(OC(=O)c4ccc(OC(=O)OCCCOC(=O)C=C)cc4)c(/C=N/N(c4nc5ccccc5s4)c4nc5ccccc5s4)c3)cc2Cl)cc1. The van der Waals surface area contributed by atoms with E-state index >= 15 is 0 Å². The lowest BCUT2D eigenvalue weighted by Gasteiger charge is -2.13. The van der Waals surface area contributed by atoms with E-state index in [1.807, 2.05) is 48.5 Å². The number of carbonyl (C=O) groups is 6. The van der Waals surface area contributed by atoms with Crippen LogP contribution in [0.2, 0.25) is 5.02 Å². The first kappa shape index (κ1) is 57.9. The Morgan fingerprint density at radius 1 is 0.519 bits per heavy atom. The average Bonchev–Trinajstić information content (AvgIpc) is 4.15. The lowest BCUT2D eigenvalue weighted by atomic mass is 10.1. The van der Waals surface area contributed by atoms with Crippen LogP contribution in [0, 0.1) is 0 Å². The molecule has 0 aliphatic carbocycles. The number of ether oxygens (including phenoxy) is 8. The topological polar surface area (TPSA) is 218 Å². The van der Waals surface area contributed by atoms with E-state index in [-0.39, 0.29) is 71.0 Å². The number of halogens is 1. The predicted octanol–water partition coefficient (Wildman–Crippen LogP) is 14.1. The van der Waals surface area contributed by atoms with E-state index in [1.165, 1.54) is 77.4 Å². The second-order valence-electron chi connectivity index (χ2n) is 17.3. The third-order valence-corrected chi connectivity index (χ3v) is 13.9. The first-order chi connectivity index (χ1) is 39.4. The highest BCUT2D eigenvalue weighted by Crippen LogP contribution is 2.38. The van der Waals surface area contributed by atoms with Crippen LogP contribution in [0.4, 0.5) is 19.9 Å². The number of unbranched alkanes of at least 4 members (excludes halogenated alkanes) is 5. The summed E-state index contributed by atoms with van der Waals surface area (Å²) in [5.41, 5.74) is 3.17. The van der Waals surface area contributed by atoms with Gasteiger partial charge in [-0.25, -0.2) is 38.7 Å². The van der Waals surface area contributed by atoms with E-state index in [2.05, 4.69) is 13.2 Å². The fourth-order valence-electron chi connectivity index (χ4n) is 7.55. The van der Waals surface area contributed by atoms with Gasteiger partial charge in [0.1, 0.15) is 23.0 Å². The number of fused-ring (bicyclic) bond motifs is 2. The molecule has 0 amide bonds. The molecule has 2 aromatic heterocycles. The van der Waals surface area contributed by atoms with E-state index in [0.29, 0.717) is 34.4 Å². The van der Waals surface area contributed by atoms with E-state index in [4.69, 9.17) is 64.6 Å². The maximum atomic E-state index is 13.9. The number of para-hydroxylation sites is 2. The molecule has 414 valence electrons. The van der Waals surface area contributed by atoms with Gasteiger partial charge in [0.05, 0.1) is 69.2 Å². The standard InChI is InChI=1S/C60H51ClN4O14S2/c1-3-53(66)72-32-13-7-5-6-8-14-33-74-59(70)77-43-25-20-39(21-26-43)46-30-29-45(37-47(46)61)76-56(69)41-24-31-50(79-55(68)40-22-27-44(28-23-40)78-60(71)75-35-15-34-73-54(67)4-2)42(36-41)38-62-65(57-63-48-16-9-11-18-51(48)80-57)58-64-49-17-10-12-19-52(49)81-58/h3-4,9-12,16-31,36-38H,1-2,5-8,13-15,32-35H2/b62-38+. The van der Waals surface area contributed by atoms with Gasteiger partial charge in [-0.05, 0) is 109 Å². The molecule has 8 aromatic rings. The first-order valence-electron chi connectivity index (χ1n) is 25.3. The Bertz CT molecular complexity index is 3440. The van der Waals surface area contributed by atoms with Crippen LogP contribution in [0.3, 0.4) is 0 Å². The summed E-state index contributed by atoms with van der Waals surface area (Å²) in [4.78, 5) is 84.3. The van der Waals surface area contributed by atoms with Crippen molar-refractivity contribution < 1.29 is 66.7 Å². The summed E-state index contributed by atoms with van der Waals surface area (Å²) in [7, 11) is 0. The lowest BCUT2D eigenvalue weighted by molar-refractivity contribution is -0.138. The molecule has 6 aromatic carbocycles. The van der Waals surface area contributed by atoms with Crippen LogP contribution in [0.1, 0.15) is 71.2 Å². The predicted molar refractivity (Wildman–Crippen MR) is 307 cm³/mol. The molecule has 0 fully saturated rings. The third-order valence-electron chi connectivity index (χ3n) is 11.6. The maximum Gasteiger partial charge on any atom is 0.513 e. The molecule has 0 radical (unpaired) electrons. The molecule has 8 rings (SSSR count). The Hall–Kier alpha value is -9.24. The number of carbonyl (C=O) groups excluding carboxylic acids is 6. The van der Waals surface area contributed by atoms with Crippen molar-refractivity contribution in [3.8, 4) is 34.1 Å². The zero-order valence-electron chi connectivity index (χ0n) is 43.3. The highest BCUT2D eigenvalue weighted by Gasteiger charge is 2.21. The lowest BCUT2D eigenvalue weighted by Crippen LogP contribution is -2.14.